The topological polar surface area (TPSA) is 0 Å². The fourth-order valence-corrected chi connectivity index (χ4v) is 5.07. The van der Waals surface area contributed by atoms with Gasteiger partial charge < -0.3 is 0 Å². The summed E-state index contributed by atoms with van der Waals surface area (Å²) < 4.78 is 0. The Morgan fingerprint density at radius 2 is 0.818 bits per heavy atom. The summed E-state index contributed by atoms with van der Waals surface area (Å²) in [7, 11) is 0. The summed E-state index contributed by atoms with van der Waals surface area (Å²) >= 11 is 0. The van der Waals surface area contributed by atoms with Gasteiger partial charge in [-0.25, -0.2) is 0 Å². The highest BCUT2D eigenvalue weighted by atomic mass is 14.1. The molecule has 0 amide bonds. The number of hydrogen-bond donors (Lipinski definition) is 0. The van der Waals surface area contributed by atoms with E-state index in [9.17, 15) is 0 Å². The van der Waals surface area contributed by atoms with E-state index in [0.29, 0.717) is 0 Å². The van der Waals surface area contributed by atoms with Gasteiger partial charge in [-0.15, -0.1) is 0 Å². The Balaban J connectivity index is 1.49. The third kappa shape index (κ3) is 8.65. The molecule has 0 aliphatic rings. The van der Waals surface area contributed by atoms with Gasteiger partial charge in [0.1, 0.15) is 0 Å². The van der Waals surface area contributed by atoms with Crippen molar-refractivity contribution in [3.05, 3.63) is 82.9 Å². The zero-order valence-electron chi connectivity index (χ0n) is 21.4. The number of unbranched alkanes of at least 4 members (excludes halogenated alkanes) is 8. The molecule has 0 aliphatic carbocycles. The average molecular weight is 443 g/mol. The predicted octanol–water partition coefficient (Wildman–Crippen LogP) is 10.0. The van der Waals surface area contributed by atoms with Crippen LogP contribution in [0.3, 0.4) is 0 Å². The lowest BCUT2D eigenvalue weighted by atomic mass is 9.93. The fraction of sp³-hybridized carbons (Fsp3) is 0.515. The van der Waals surface area contributed by atoms with E-state index in [4.69, 9.17) is 0 Å². The van der Waals surface area contributed by atoms with Gasteiger partial charge in [-0.1, -0.05) is 126 Å². The van der Waals surface area contributed by atoms with Gasteiger partial charge in [0.25, 0.3) is 0 Å². The second-order valence-corrected chi connectivity index (χ2v) is 9.93. The molecule has 0 spiro atoms. The first kappa shape index (κ1) is 25.5. The summed E-state index contributed by atoms with van der Waals surface area (Å²) in [5, 5.41) is 2.95. The largest absolute Gasteiger partial charge is 0.0654 e. The van der Waals surface area contributed by atoms with Crippen molar-refractivity contribution < 1.29 is 0 Å². The molecule has 3 aromatic rings. The molecule has 0 unspecified atom stereocenters. The van der Waals surface area contributed by atoms with E-state index in [1.807, 2.05) is 0 Å². The van der Waals surface area contributed by atoms with E-state index in [2.05, 4.69) is 74.5 Å². The van der Waals surface area contributed by atoms with Crippen molar-refractivity contribution in [3.8, 4) is 0 Å². The van der Waals surface area contributed by atoms with Crippen LogP contribution in [0.15, 0.2) is 60.7 Å². The van der Waals surface area contributed by atoms with E-state index in [-0.39, 0.29) is 0 Å². The second-order valence-electron chi connectivity index (χ2n) is 9.93. The maximum atomic E-state index is 2.41. The Morgan fingerprint density at radius 3 is 1.33 bits per heavy atom. The minimum absolute atomic E-state index is 1.16. The van der Waals surface area contributed by atoms with E-state index in [1.54, 1.807) is 0 Å². The summed E-state index contributed by atoms with van der Waals surface area (Å²) in [5.74, 6) is 0. The predicted molar refractivity (Wildman–Crippen MR) is 147 cm³/mol. The van der Waals surface area contributed by atoms with Crippen LogP contribution in [0.1, 0.15) is 107 Å². The van der Waals surface area contributed by atoms with Gasteiger partial charge in [-0.05, 0) is 78.0 Å². The molecule has 178 valence electrons. The van der Waals surface area contributed by atoms with Gasteiger partial charge in [-0.3, -0.25) is 0 Å². The highest BCUT2D eigenvalue weighted by Crippen LogP contribution is 2.26. The Kier molecular flexibility index (Phi) is 11.6. The van der Waals surface area contributed by atoms with Crippen molar-refractivity contribution in [1.29, 1.82) is 0 Å². The molecular formula is C33H46. The van der Waals surface area contributed by atoms with E-state index in [0.717, 1.165) is 6.42 Å². The van der Waals surface area contributed by atoms with E-state index in [1.165, 1.54) is 123 Å². The second kappa shape index (κ2) is 14.9. The zero-order valence-corrected chi connectivity index (χ0v) is 21.4. The lowest BCUT2D eigenvalue weighted by molar-refractivity contribution is 0.632. The first-order valence-electron chi connectivity index (χ1n) is 13.9. The molecule has 0 saturated carbocycles. The molecule has 0 atom stereocenters. The molecule has 0 aromatic heterocycles. The molecule has 0 heterocycles. The van der Waals surface area contributed by atoms with Crippen LogP contribution in [0, 0.1) is 0 Å². The first-order chi connectivity index (χ1) is 16.3. The van der Waals surface area contributed by atoms with Crippen LogP contribution < -0.4 is 0 Å². The van der Waals surface area contributed by atoms with Crippen molar-refractivity contribution in [1.82, 2.24) is 0 Å². The molecule has 3 aromatic carbocycles. The van der Waals surface area contributed by atoms with Gasteiger partial charge in [0.05, 0.1) is 0 Å². The van der Waals surface area contributed by atoms with Crippen molar-refractivity contribution >= 4 is 10.8 Å². The zero-order chi connectivity index (χ0) is 23.1. The van der Waals surface area contributed by atoms with Crippen LogP contribution in [-0.2, 0) is 25.7 Å². The van der Waals surface area contributed by atoms with Gasteiger partial charge in [-0.2, -0.15) is 0 Å². The molecule has 3 rings (SSSR count). The lowest BCUT2D eigenvalue weighted by Crippen LogP contribution is -1.95. The number of rotatable bonds is 16. The summed E-state index contributed by atoms with van der Waals surface area (Å²) in [4.78, 5) is 0. The quantitative estimate of drug-likeness (QED) is 0.194. The lowest BCUT2D eigenvalue weighted by Gasteiger charge is -2.12. The monoisotopic (exact) mass is 442 g/mol. The van der Waals surface area contributed by atoms with Gasteiger partial charge in [0.15, 0.2) is 0 Å². The molecule has 0 radical (unpaired) electrons. The molecule has 0 heteroatoms. The normalized spacial score (nSPS) is 11.3. The van der Waals surface area contributed by atoms with Crippen molar-refractivity contribution in [3.63, 3.8) is 0 Å². The van der Waals surface area contributed by atoms with Gasteiger partial charge >= 0.3 is 0 Å². The smallest absolute Gasteiger partial charge is 0.0149 e. The summed E-state index contributed by atoms with van der Waals surface area (Å²) in [6.45, 7) is 4.57. The van der Waals surface area contributed by atoms with Crippen molar-refractivity contribution in [2.45, 2.75) is 110 Å². The van der Waals surface area contributed by atoms with Crippen molar-refractivity contribution in [2.75, 3.05) is 0 Å². The number of benzene rings is 3. The Hall–Kier alpha value is -2.08. The minimum atomic E-state index is 1.16. The van der Waals surface area contributed by atoms with Gasteiger partial charge in [0, 0.05) is 0 Å². The number of hydrogen-bond acceptors (Lipinski definition) is 0. The Labute approximate surface area is 203 Å². The molecule has 33 heavy (non-hydrogen) atoms. The van der Waals surface area contributed by atoms with Crippen LogP contribution in [0.25, 0.3) is 10.8 Å². The Morgan fingerprint density at radius 1 is 0.394 bits per heavy atom. The van der Waals surface area contributed by atoms with E-state index < -0.39 is 0 Å². The molecule has 0 N–H and O–H groups in total. The first-order valence-corrected chi connectivity index (χ1v) is 13.9. The van der Waals surface area contributed by atoms with E-state index >= 15 is 0 Å². The molecule has 0 nitrogen and oxygen atoms in total. The fourth-order valence-electron chi connectivity index (χ4n) is 5.07. The Bertz CT molecular complexity index is 918. The molecule has 0 aliphatic heterocycles. The standard InChI is InChI=1S/C33H46/c1-3-5-7-9-11-16-28-22-24-29(25-23-28)17-15-19-31-27-26-30(18-12-10-8-6-4-2)32-20-13-14-21-33(31)32/h13-14,20-27H,3-12,15-19H2,1-2H3. The van der Waals surface area contributed by atoms with Crippen LogP contribution in [0.4, 0.5) is 0 Å². The number of fused-ring (bicyclic) bond motifs is 1. The van der Waals surface area contributed by atoms with Crippen LogP contribution in [0.5, 0.6) is 0 Å². The van der Waals surface area contributed by atoms with Crippen LogP contribution in [0.2, 0.25) is 0 Å². The number of aryl methyl sites for hydroxylation is 4. The minimum Gasteiger partial charge on any atom is -0.0654 e. The summed E-state index contributed by atoms with van der Waals surface area (Å²) in [5.41, 5.74) is 6.05. The van der Waals surface area contributed by atoms with Gasteiger partial charge in [0.2, 0.25) is 0 Å². The average Bonchev–Trinajstić information content (AvgIpc) is 2.85. The SMILES string of the molecule is CCCCCCCc1ccc(CCCc2ccc(CCCCCCC)c3ccccc23)cc1. The van der Waals surface area contributed by atoms with Crippen LogP contribution in [-0.4, -0.2) is 0 Å². The highest BCUT2D eigenvalue weighted by Gasteiger charge is 2.06. The third-order valence-electron chi connectivity index (χ3n) is 7.16. The molecular weight excluding hydrogens is 396 g/mol. The highest BCUT2D eigenvalue weighted by molar-refractivity contribution is 5.88. The summed E-state index contributed by atoms with van der Waals surface area (Å²) in [6, 6.07) is 23.3. The van der Waals surface area contributed by atoms with Crippen molar-refractivity contribution in [2.24, 2.45) is 0 Å². The molecule has 0 bridgehead atoms. The maximum Gasteiger partial charge on any atom is -0.0149 e. The summed E-state index contributed by atoms with van der Waals surface area (Å²) in [6.07, 6.45) is 19.6. The molecule has 0 fully saturated rings. The van der Waals surface area contributed by atoms with Crippen LogP contribution >= 0.6 is 0 Å². The maximum absolute atomic E-state index is 2.41. The third-order valence-corrected chi connectivity index (χ3v) is 7.16. The molecule has 0 saturated heterocycles.